The molecule has 1 aliphatic carbocycles. The predicted molar refractivity (Wildman–Crippen MR) is 285 cm³/mol. The summed E-state index contributed by atoms with van der Waals surface area (Å²) >= 11 is 0. The van der Waals surface area contributed by atoms with Crippen molar-refractivity contribution in [2.75, 3.05) is 57.8 Å². The zero-order valence-electron chi connectivity index (χ0n) is 44.6. The Kier molecular flexibility index (Phi) is 18.7. The van der Waals surface area contributed by atoms with Gasteiger partial charge in [-0.05, 0) is 81.6 Å². The van der Waals surface area contributed by atoms with Gasteiger partial charge in [-0.3, -0.25) is 0 Å². The molecule has 10 rings (SSSR count). The molecule has 80 heavy (non-hydrogen) atoms. The number of fused-ring (bicyclic) bond motifs is 1. The molecule has 19 N–H and O–H groups in total. The molecule has 7 heterocycles. The van der Waals surface area contributed by atoms with Gasteiger partial charge in [0.2, 0.25) is 0 Å². The second kappa shape index (κ2) is 25.7. The van der Waals surface area contributed by atoms with Crippen molar-refractivity contribution in [2.45, 2.75) is 161 Å². The Morgan fingerprint density at radius 1 is 0.637 bits per heavy atom. The third-order valence-electron chi connectivity index (χ3n) is 15.9. The molecule has 3 aromatic heterocycles. The summed E-state index contributed by atoms with van der Waals surface area (Å²) in [6.45, 7) is 4.61. The van der Waals surface area contributed by atoms with Gasteiger partial charge in [-0.25, -0.2) is 14.3 Å². The number of aromatic amines is 1. The Bertz CT molecular complexity index is 2750. The van der Waals surface area contributed by atoms with Crippen molar-refractivity contribution in [3.8, 4) is 17.1 Å². The van der Waals surface area contributed by atoms with Gasteiger partial charge in [-0.1, -0.05) is 10.4 Å². The van der Waals surface area contributed by atoms with Crippen LogP contribution in [0.1, 0.15) is 30.7 Å². The van der Waals surface area contributed by atoms with Gasteiger partial charge < -0.3 is 113 Å². The van der Waals surface area contributed by atoms with Crippen molar-refractivity contribution in [3.63, 3.8) is 0 Å². The SMILES string of the molecule is CN1CCN(c2ccc3nc(-c4ccc(OCCn5cc(CCCCc6cn(CC7OC(OC8[C@H](O[C@H]9OC(CN)[C@@H](O)[C@H](O)C9N)C(N)C[C@@H](N)[C@H]8O)[C@@H](O)[C@H]7O[C@H]7O[C@@H](CN)[C@@H](O)C(O)C7N)nn6)nn5)cc4)[nH]c3c2)CC1. The summed E-state index contributed by atoms with van der Waals surface area (Å²) in [7, 11) is 2.15. The number of hydrogen-bond acceptors (Lipinski definition) is 26. The first-order chi connectivity index (χ1) is 38.5. The maximum Gasteiger partial charge on any atom is 0.187 e. The molecule has 4 aliphatic heterocycles. The van der Waals surface area contributed by atoms with Crippen LogP contribution >= 0.6 is 0 Å². The molecule has 5 aliphatic rings. The van der Waals surface area contributed by atoms with E-state index < -0.39 is 116 Å². The lowest BCUT2D eigenvalue weighted by molar-refractivity contribution is -0.306. The number of aromatic nitrogens is 8. The molecule has 29 heteroatoms. The molecule has 0 radical (unpaired) electrons. The lowest BCUT2D eigenvalue weighted by Crippen LogP contribution is -2.68. The number of hydrogen-bond donors (Lipinski definition) is 13. The minimum atomic E-state index is -1.62. The summed E-state index contributed by atoms with van der Waals surface area (Å²) in [6.07, 6.45) is -13.6. The van der Waals surface area contributed by atoms with Crippen molar-refractivity contribution in [1.82, 2.24) is 44.9 Å². The number of likely N-dealkylation sites (N-methyl/N-ethyl adjacent to an activating group) is 1. The molecule has 5 aromatic rings. The molecule has 1 saturated carbocycles. The first-order valence-corrected chi connectivity index (χ1v) is 27.4. The average molecular weight is 1120 g/mol. The molecule has 19 atom stereocenters. The van der Waals surface area contributed by atoms with Gasteiger partial charge in [0, 0.05) is 75.0 Å². The van der Waals surface area contributed by atoms with Crippen LogP contribution in [0.15, 0.2) is 54.9 Å². The van der Waals surface area contributed by atoms with Crippen LogP contribution < -0.4 is 44.0 Å². The number of anilines is 1. The Balaban J connectivity index is 0.718. The highest BCUT2D eigenvalue weighted by Crippen LogP contribution is 2.35. The Morgan fingerprint density at radius 2 is 1.23 bits per heavy atom. The van der Waals surface area contributed by atoms with E-state index in [1.54, 1.807) is 10.9 Å². The fraction of sp³-hybridized carbons (Fsp3) is 0.667. The number of imidazole rings is 1. The molecule has 4 saturated heterocycles. The number of H-pyrrole nitrogens is 1. The molecular formula is C51H78N16O13. The van der Waals surface area contributed by atoms with E-state index in [1.165, 1.54) is 10.4 Å². The Labute approximate surface area is 461 Å². The highest BCUT2D eigenvalue weighted by Gasteiger charge is 2.54. The lowest BCUT2D eigenvalue weighted by Gasteiger charge is -2.47. The lowest BCUT2D eigenvalue weighted by atomic mass is 9.84. The Hall–Kier alpha value is -4.97. The topological polar surface area (TPSA) is 439 Å². The zero-order valence-corrected chi connectivity index (χ0v) is 44.6. The van der Waals surface area contributed by atoms with Crippen LogP contribution in [-0.2, 0) is 54.4 Å². The van der Waals surface area contributed by atoms with Gasteiger partial charge in [-0.2, -0.15) is 0 Å². The van der Waals surface area contributed by atoms with E-state index in [4.69, 9.17) is 72.5 Å². The molecule has 29 nitrogen and oxygen atoms in total. The van der Waals surface area contributed by atoms with E-state index in [0.29, 0.717) is 31.7 Å². The van der Waals surface area contributed by atoms with Crippen LogP contribution in [0.25, 0.3) is 22.4 Å². The Morgan fingerprint density at radius 3 is 1.86 bits per heavy atom. The van der Waals surface area contributed by atoms with E-state index in [1.807, 2.05) is 30.5 Å². The number of benzene rings is 2. The standard InChI is InChI=1S/C51H78N16O13/c1-64-12-14-65(15-13-64)28-8-11-32-33(18-28)59-48(58-32)25-6-9-29(10-7-25)74-17-16-66-22-26(60-62-66)4-2-3-5-27-23-67(63-61-27)24-36-46(79-50-38(57)43(72)41(70)35(21-53)76-50)44(73)51(77-36)80-47-39(68)30(54)19-31(55)45(47)78-49-37(56)42(71)40(69)34(20-52)75-49/h6-11,18,22-23,30-31,34-47,49-51,68-73H,2-5,12-17,19-21,24,52-57H2,1H3,(H,58,59)/t30-,31?,34?,35+,36?,37?,38?,39-,40-,41-,42-,43?,44+,45-,46+,47?,49-,50-,51?/m1/s1. The molecule has 0 amide bonds. The maximum absolute atomic E-state index is 11.9. The molecule has 440 valence electrons. The number of nitrogens with one attached hydrogen (secondary N) is 1. The van der Waals surface area contributed by atoms with Gasteiger partial charge in [0.1, 0.15) is 85.3 Å². The third kappa shape index (κ3) is 13.0. The van der Waals surface area contributed by atoms with E-state index in [0.717, 1.165) is 72.9 Å². The van der Waals surface area contributed by atoms with E-state index in [-0.39, 0.29) is 26.1 Å². The van der Waals surface area contributed by atoms with Crippen LogP contribution in [0.3, 0.4) is 0 Å². The number of aryl methyl sites for hydroxylation is 2. The largest absolute Gasteiger partial charge is 0.492 e. The molecular weight excluding hydrogens is 1040 g/mol. The molecule has 2 aromatic carbocycles. The van der Waals surface area contributed by atoms with E-state index in [2.05, 4.69) is 60.7 Å². The summed E-state index contributed by atoms with van der Waals surface area (Å²) in [6, 6.07) is 9.95. The highest BCUT2D eigenvalue weighted by molar-refractivity contribution is 5.83. The molecule has 0 spiro atoms. The molecule has 0 bridgehead atoms. The summed E-state index contributed by atoms with van der Waals surface area (Å²) in [5, 5.41) is 83.2. The van der Waals surface area contributed by atoms with Gasteiger partial charge in [-0.15, -0.1) is 10.2 Å². The molecule has 8 unspecified atom stereocenters. The summed E-state index contributed by atoms with van der Waals surface area (Å²) in [5.41, 5.74) is 42.6. The smallest absolute Gasteiger partial charge is 0.187 e. The van der Waals surface area contributed by atoms with E-state index >= 15 is 0 Å². The van der Waals surface area contributed by atoms with Gasteiger partial charge in [0.05, 0.1) is 53.7 Å². The second-order valence-corrected chi connectivity index (χ2v) is 21.6. The van der Waals surface area contributed by atoms with Crippen molar-refractivity contribution in [1.29, 1.82) is 0 Å². The third-order valence-corrected chi connectivity index (χ3v) is 15.9. The van der Waals surface area contributed by atoms with E-state index in [9.17, 15) is 30.6 Å². The van der Waals surface area contributed by atoms with Gasteiger partial charge >= 0.3 is 0 Å². The van der Waals surface area contributed by atoms with Crippen LogP contribution in [-0.4, -0.2) is 245 Å². The fourth-order valence-electron chi connectivity index (χ4n) is 11.0. The summed E-state index contributed by atoms with van der Waals surface area (Å²) in [5.74, 6) is 1.54. The second-order valence-electron chi connectivity index (χ2n) is 21.6. The van der Waals surface area contributed by atoms with Crippen molar-refractivity contribution < 1.29 is 63.8 Å². The van der Waals surface area contributed by atoms with Crippen molar-refractivity contribution >= 4 is 16.7 Å². The number of nitrogens with two attached hydrogens (primary N) is 6. The van der Waals surface area contributed by atoms with Crippen LogP contribution in [0.2, 0.25) is 0 Å². The van der Waals surface area contributed by atoms with Crippen LogP contribution in [0.4, 0.5) is 5.69 Å². The number of rotatable bonds is 21. The maximum atomic E-state index is 11.9. The fourth-order valence-corrected chi connectivity index (χ4v) is 11.0. The average Bonchev–Trinajstić information content (AvgIpc) is 4.28. The quantitative estimate of drug-likeness (QED) is 0.0306. The number of ether oxygens (including phenoxy) is 7. The first-order valence-electron chi connectivity index (χ1n) is 27.4. The van der Waals surface area contributed by atoms with Crippen LogP contribution in [0.5, 0.6) is 5.75 Å². The zero-order chi connectivity index (χ0) is 56.4. The minimum absolute atomic E-state index is 0.0429. The predicted octanol–water partition coefficient (Wildman–Crippen LogP) is -5.06. The highest BCUT2D eigenvalue weighted by atomic mass is 16.8. The number of unbranched alkanes of at least 4 members (excludes halogenated alkanes) is 1. The number of aliphatic hydroxyl groups excluding tert-OH is 6. The summed E-state index contributed by atoms with van der Waals surface area (Å²) < 4.78 is 46.1. The number of piperazine rings is 1. The van der Waals surface area contributed by atoms with Crippen molar-refractivity contribution in [2.24, 2.45) is 34.4 Å². The number of nitrogens with zero attached hydrogens (tertiary/aromatic N) is 9. The summed E-state index contributed by atoms with van der Waals surface area (Å²) in [4.78, 5) is 13.1. The van der Waals surface area contributed by atoms with Crippen molar-refractivity contribution in [3.05, 3.63) is 66.2 Å². The minimum Gasteiger partial charge on any atom is -0.492 e. The monoisotopic (exact) mass is 1120 g/mol. The normalized spacial score (nSPS) is 35.3. The number of aliphatic hydroxyl groups is 6. The molecule has 5 fully saturated rings. The first kappa shape index (κ1) is 58.2. The van der Waals surface area contributed by atoms with Gasteiger partial charge in [0.15, 0.2) is 18.9 Å². The van der Waals surface area contributed by atoms with Gasteiger partial charge in [0.25, 0.3) is 0 Å². The van der Waals surface area contributed by atoms with Crippen LogP contribution in [0, 0.1) is 0 Å².